The molecule has 8 aromatic carbocycles. The fourth-order valence-corrected chi connectivity index (χ4v) is 10.1. The van der Waals surface area contributed by atoms with Gasteiger partial charge in [-0.05, 0) is 48.5 Å². The lowest BCUT2D eigenvalue weighted by molar-refractivity contribution is -0.269. The van der Waals surface area contributed by atoms with Crippen LogP contribution in [0.15, 0.2) is 211 Å². The van der Waals surface area contributed by atoms with Crippen molar-refractivity contribution in [3.63, 3.8) is 0 Å². The first kappa shape index (κ1) is 49.3. The molecule has 0 amide bonds. The molecule has 0 atom stereocenters. The van der Waals surface area contributed by atoms with Gasteiger partial charge in [0.15, 0.2) is 46.8 Å². The van der Waals surface area contributed by atoms with Gasteiger partial charge in [0, 0.05) is 48.5 Å². The number of halogens is 7. The van der Waals surface area contributed by atoms with Gasteiger partial charge in [0.05, 0.1) is 32.9 Å². The molecule has 3 N–H and O–H groups in total. The van der Waals surface area contributed by atoms with E-state index < -0.39 is 86.4 Å². The number of carboxylic acids is 2. The molecular weight excluding hydrogens is 910 g/mol. The number of phenols is 1. The molecule has 0 bridgehead atoms. The molecule has 0 saturated carbocycles. The first-order chi connectivity index (χ1) is 31.5. The van der Waals surface area contributed by atoms with Crippen LogP contribution in [0.5, 0.6) is 17.2 Å². The molecule has 0 aliphatic carbocycles. The van der Waals surface area contributed by atoms with Crippen molar-refractivity contribution >= 4 is 33.7 Å². The van der Waals surface area contributed by atoms with Crippen LogP contribution in [0.2, 0.25) is 0 Å². The highest BCUT2D eigenvalue weighted by molar-refractivity contribution is 7.97. The van der Waals surface area contributed by atoms with Crippen molar-refractivity contribution in [3.05, 3.63) is 234 Å². The van der Waals surface area contributed by atoms with Crippen molar-refractivity contribution in [3.8, 4) is 17.2 Å². The van der Waals surface area contributed by atoms with E-state index in [1.807, 2.05) is 0 Å². The molecule has 0 heterocycles. The predicted molar refractivity (Wildman–Crippen MR) is 230 cm³/mol. The van der Waals surface area contributed by atoms with Crippen LogP contribution < -0.4 is 10.2 Å². The number of benzene rings is 8. The van der Waals surface area contributed by atoms with Gasteiger partial charge in [-0.3, -0.25) is 0 Å². The number of rotatable bonds is 8. The van der Waals surface area contributed by atoms with E-state index in [9.17, 15) is 50.5 Å². The summed E-state index contributed by atoms with van der Waals surface area (Å²) in [5.74, 6) is -13.0. The highest BCUT2D eigenvalue weighted by atomic mass is 32.2. The summed E-state index contributed by atoms with van der Waals surface area (Å²) in [6.07, 6.45) is 0. The second-order valence-electron chi connectivity index (χ2n) is 13.2. The number of carbonyl (C=O) groups is 2. The van der Waals surface area contributed by atoms with Crippen molar-refractivity contribution in [1.29, 1.82) is 0 Å². The van der Waals surface area contributed by atoms with Crippen molar-refractivity contribution < 1.29 is 65.9 Å². The summed E-state index contributed by atoms with van der Waals surface area (Å²) in [6.45, 7) is 0. The molecule has 8 aromatic rings. The average Bonchev–Trinajstić information content (AvgIpc) is 3.27. The molecule has 336 valence electrons. The minimum absolute atomic E-state index is 0.0146. The van der Waals surface area contributed by atoms with Crippen LogP contribution in [0.4, 0.5) is 30.7 Å². The van der Waals surface area contributed by atoms with Gasteiger partial charge in [0.2, 0.25) is 0 Å². The second kappa shape index (κ2) is 23.3. The molecular formula is C50H33F7O7S2. The normalized spacial score (nSPS) is 10.4. The first-order valence-corrected chi connectivity index (χ1v) is 21.4. The van der Waals surface area contributed by atoms with Gasteiger partial charge in [-0.2, -0.15) is 0 Å². The van der Waals surface area contributed by atoms with E-state index in [4.69, 9.17) is 15.3 Å². The monoisotopic (exact) mass is 942 g/mol. The quantitative estimate of drug-likeness (QED) is 0.0782. The Labute approximate surface area is 378 Å². The summed E-state index contributed by atoms with van der Waals surface area (Å²) in [4.78, 5) is 24.1. The van der Waals surface area contributed by atoms with E-state index in [1.165, 1.54) is 45.0 Å². The number of carboxylic acid groups (broad SMARTS) is 2. The fourth-order valence-electron chi connectivity index (χ4n) is 5.81. The number of hydrogen-bond acceptors (Lipinski definition) is 5. The van der Waals surface area contributed by atoms with Crippen molar-refractivity contribution in [1.82, 2.24) is 0 Å². The van der Waals surface area contributed by atoms with Crippen molar-refractivity contribution in [2.75, 3.05) is 0 Å². The summed E-state index contributed by atoms with van der Waals surface area (Å²) < 4.78 is 95.0. The largest absolute Gasteiger partial charge is 0.872 e. The smallest absolute Gasteiger partial charge is 0.338 e. The van der Waals surface area contributed by atoms with Gasteiger partial charge in [0.25, 0.3) is 0 Å². The average molecular weight is 943 g/mol. The Morgan fingerprint density at radius 1 is 0.394 bits per heavy atom. The van der Waals surface area contributed by atoms with Gasteiger partial charge in [-0.15, -0.1) is 0 Å². The van der Waals surface area contributed by atoms with Crippen LogP contribution in [0.1, 0.15) is 20.7 Å². The van der Waals surface area contributed by atoms with E-state index in [0.717, 1.165) is 36.4 Å². The van der Waals surface area contributed by atoms with Crippen LogP contribution in [0, 0.1) is 40.7 Å². The highest BCUT2D eigenvalue weighted by Crippen LogP contribution is 2.35. The standard InChI is InChI=1S/C18H8F7S.C18H15S.C7H6O4.C7H6O3/c19-9-1-10(20)4-13(3-9)26(14-5-11(21)2-12(22)6-14)15-7-16(23)18(25)17(24)8-15;1-4-10-16(11-5-1)19(17-12-6-2-7-13-17)18-14-8-3-9-15-18;8-4-2-1-3-5(9)6(4)7(10)11;8-6-4-2-1-3-5(6)7(9)10/h1-8H;1-15H;1-3,8-9H,(H,10,11);1-4,8H,(H,9,10)/q2*+1;;/p-2. The van der Waals surface area contributed by atoms with Gasteiger partial charge in [0.1, 0.15) is 29.0 Å². The lowest BCUT2D eigenvalue weighted by Gasteiger charge is -2.09. The highest BCUT2D eigenvalue weighted by Gasteiger charge is 2.33. The molecule has 16 heteroatoms. The topological polar surface area (TPSA) is 141 Å². The zero-order valence-electron chi connectivity index (χ0n) is 33.8. The van der Waals surface area contributed by atoms with Crippen molar-refractivity contribution in [2.45, 2.75) is 29.4 Å². The number of aromatic carboxylic acids is 2. The molecule has 66 heavy (non-hydrogen) atoms. The third-order valence-electron chi connectivity index (χ3n) is 8.61. The van der Waals surface area contributed by atoms with Gasteiger partial charge >= 0.3 is 11.9 Å². The Kier molecular flexibility index (Phi) is 17.4. The first-order valence-electron chi connectivity index (χ1n) is 19.0. The third kappa shape index (κ3) is 13.4. The maximum Gasteiger partial charge on any atom is 0.338 e. The third-order valence-corrected chi connectivity index (χ3v) is 13.0. The van der Waals surface area contributed by atoms with E-state index in [1.54, 1.807) is 0 Å². The molecule has 0 aliphatic heterocycles. The Balaban J connectivity index is 0.000000178. The Morgan fingerprint density at radius 3 is 1.08 bits per heavy atom. The molecule has 7 nitrogen and oxygen atoms in total. The molecule has 0 saturated heterocycles. The van der Waals surface area contributed by atoms with Gasteiger partial charge in [-0.25, -0.2) is 40.3 Å². The predicted octanol–water partition coefficient (Wildman–Crippen LogP) is 11.2. The molecule has 8 rings (SSSR count). The molecule has 0 unspecified atom stereocenters. The fraction of sp³-hybridized carbons (Fsp3) is 0. The van der Waals surface area contributed by atoms with E-state index in [-0.39, 0.29) is 31.1 Å². The SMILES string of the molecule is Fc1cc(F)cc([S+](c2cc(F)cc(F)c2)c2cc(F)c(F)c(F)c2)c1.O=C(O)c1c([O-])cccc1O.O=C(O)c1ccccc1[O-].c1ccc([S+](c2ccccc2)c2ccccc2)cc1. The minimum atomic E-state index is -1.73. The summed E-state index contributed by atoms with van der Waals surface area (Å²) in [5, 5.41) is 47.1. The Bertz CT molecular complexity index is 2680. The van der Waals surface area contributed by atoms with Crippen LogP contribution in [-0.4, -0.2) is 27.3 Å². The Morgan fingerprint density at radius 2 is 0.742 bits per heavy atom. The van der Waals surface area contributed by atoms with Crippen molar-refractivity contribution in [2.24, 2.45) is 0 Å². The summed E-state index contributed by atoms with van der Waals surface area (Å²) in [5.41, 5.74) is -0.755. The van der Waals surface area contributed by atoms with Crippen LogP contribution in [0.25, 0.3) is 0 Å². The second-order valence-corrected chi connectivity index (χ2v) is 17.3. The van der Waals surface area contributed by atoms with Crippen LogP contribution in [-0.2, 0) is 21.8 Å². The lowest BCUT2D eigenvalue weighted by Crippen LogP contribution is -2.09. The maximum atomic E-state index is 13.6. The van der Waals surface area contributed by atoms with E-state index in [2.05, 4.69) is 91.0 Å². The van der Waals surface area contributed by atoms with E-state index >= 15 is 0 Å². The molecule has 0 fully saturated rings. The maximum absolute atomic E-state index is 13.6. The zero-order valence-corrected chi connectivity index (χ0v) is 35.4. The summed E-state index contributed by atoms with van der Waals surface area (Å²) in [6, 6.07) is 47.1. The molecule has 0 aliphatic rings. The summed E-state index contributed by atoms with van der Waals surface area (Å²) in [7, 11) is -1.71. The van der Waals surface area contributed by atoms with Gasteiger partial charge < -0.3 is 25.5 Å². The lowest BCUT2D eigenvalue weighted by atomic mass is 10.2. The minimum Gasteiger partial charge on any atom is -0.872 e. The molecule has 0 aromatic heterocycles. The van der Waals surface area contributed by atoms with Crippen LogP contribution >= 0.6 is 0 Å². The van der Waals surface area contributed by atoms with Crippen LogP contribution in [0.3, 0.4) is 0 Å². The number of para-hydroxylation sites is 1. The van der Waals surface area contributed by atoms with Gasteiger partial charge in [-0.1, -0.05) is 96.4 Å². The Hall–Kier alpha value is -7.69. The number of aromatic hydroxyl groups is 1. The number of hydrogen-bond donors (Lipinski definition) is 3. The zero-order chi connectivity index (χ0) is 47.9. The molecule has 0 spiro atoms. The molecule has 0 radical (unpaired) electrons. The van der Waals surface area contributed by atoms with E-state index in [0.29, 0.717) is 24.3 Å². The summed E-state index contributed by atoms with van der Waals surface area (Å²) >= 11 is 0.